The van der Waals surface area contributed by atoms with Crippen LogP contribution in [0.2, 0.25) is 0 Å². The summed E-state index contributed by atoms with van der Waals surface area (Å²) in [6.45, 7) is 3.13. The smallest absolute Gasteiger partial charge is 0.0362 e. The first kappa shape index (κ1) is 3.76. The quantitative estimate of drug-likeness (QED) is 0.416. The lowest BCUT2D eigenvalue weighted by Gasteiger charge is -1.10. The van der Waals surface area contributed by atoms with Gasteiger partial charge in [-0.1, -0.05) is 0 Å². The van der Waals surface area contributed by atoms with Gasteiger partial charge in [-0.2, -0.15) is 0 Å². The minimum atomic E-state index is 0.370. The molecule has 0 saturated heterocycles. The zero-order chi connectivity index (χ0) is 3.41. The van der Waals surface area contributed by atoms with Crippen LogP contribution in [-0.4, -0.2) is 0 Å². The van der Waals surface area contributed by atoms with E-state index in [2.05, 4.69) is 6.58 Å². The van der Waals surface area contributed by atoms with Crippen LogP contribution in [0, 0.1) is 0 Å². The molecule has 0 fully saturated rings. The summed E-state index contributed by atoms with van der Waals surface area (Å²) in [6, 6.07) is 0. The molecule has 22 valence electrons. The zero-order valence-corrected chi connectivity index (χ0v) is 2.92. The second kappa shape index (κ2) is 2.76. The predicted molar refractivity (Wildman–Crippen MR) is 18.2 cm³/mol. The van der Waals surface area contributed by atoms with Crippen molar-refractivity contribution in [2.45, 2.75) is 0 Å². The Morgan fingerprint density at radius 3 is 2.25 bits per heavy atom. The van der Waals surface area contributed by atoms with Gasteiger partial charge in [0.25, 0.3) is 0 Å². The highest BCUT2D eigenvalue weighted by atomic mass is 32.1. The number of hydrogen-bond acceptors (Lipinski definition) is 1. The monoisotopic (exact) mass is 75.0 g/mol. The van der Waals surface area contributed by atoms with Crippen LogP contribution in [0.15, 0.2) is 12.0 Å². The maximum Gasteiger partial charge on any atom is 0.496 e. The van der Waals surface area contributed by atoms with Gasteiger partial charge >= 0.3 is 11.7 Å². The molecule has 0 atom stereocenters. The summed E-state index contributed by atoms with van der Waals surface area (Å²) in [6.07, 6.45) is 0. The molecule has 0 aliphatic heterocycles. The van der Waals surface area contributed by atoms with Gasteiger partial charge in [0.15, 0.2) is 0 Å². The Balaban J connectivity index is 2.73. The average molecular weight is 75.1 g/mol. The van der Waals surface area contributed by atoms with Crippen molar-refractivity contribution in [3.8, 4) is 0 Å². The van der Waals surface area contributed by atoms with Crippen LogP contribution < -0.4 is 0 Å². The third-order valence-electron chi connectivity index (χ3n) is 0.0680. The average Bonchev–Trinajstić information content (AvgIpc) is 1.37. The van der Waals surface area contributed by atoms with Crippen molar-refractivity contribution in [1.29, 1.82) is 0 Å². The van der Waals surface area contributed by atoms with Crippen molar-refractivity contribution in [3.05, 3.63) is 12.0 Å². The molecule has 0 bridgehead atoms. The summed E-state index contributed by atoms with van der Waals surface area (Å²) in [5.74, 6) is 0. The summed E-state index contributed by atoms with van der Waals surface area (Å²) in [5, 5.41) is 1.24. The lowest BCUT2D eigenvalue weighted by atomic mass is 11.3. The minimum Gasteiger partial charge on any atom is -0.0362 e. The molecular formula is C2H3OS+. The van der Waals surface area contributed by atoms with Crippen molar-refractivity contribution < 1.29 is 4.21 Å². The summed E-state index contributed by atoms with van der Waals surface area (Å²) in [4.78, 5) is 0. The van der Waals surface area contributed by atoms with Crippen molar-refractivity contribution in [2.24, 2.45) is 0 Å². The van der Waals surface area contributed by atoms with Gasteiger partial charge in [0.1, 0.15) is 0 Å². The second-order valence-electron chi connectivity index (χ2n) is 0.263. The van der Waals surface area contributed by atoms with Gasteiger partial charge in [-0.15, -0.1) is 0 Å². The van der Waals surface area contributed by atoms with Gasteiger partial charge in [-0.05, 0) is 6.58 Å². The van der Waals surface area contributed by atoms with E-state index in [1.807, 2.05) is 0 Å². The number of hydrogen-bond donors (Lipinski definition) is 0. The molecule has 0 radical (unpaired) electrons. The summed E-state index contributed by atoms with van der Waals surface area (Å²) < 4.78 is 9.10. The molecule has 4 heavy (non-hydrogen) atoms. The lowest BCUT2D eigenvalue weighted by molar-refractivity contribution is 0.608. The minimum absolute atomic E-state index is 0.370. The molecule has 0 rings (SSSR count). The highest BCUT2D eigenvalue weighted by Gasteiger charge is 1.68. The van der Waals surface area contributed by atoms with E-state index in [0.29, 0.717) is 11.7 Å². The van der Waals surface area contributed by atoms with Crippen LogP contribution in [0.3, 0.4) is 0 Å². The van der Waals surface area contributed by atoms with Gasteiger partial charge in [0, 0.05) is 4.21 Å². The fraction of sp³-hybridized carbons (Fsp3) is 0. The Hall–Kier alpha value is -0.240. The van der Waals surface area contributed by atoms with E-state index in [4.69, 9.17) is 4.21 Å². The van der Waals surface area contributed by atoms with Crippen LogP contribution in [0.25, 0.3) is 0 Å². The molecule has 0 aliphatic carbocycles. The molecule has 2 heteroatoms. The molecule has 0 aromatic heterocycles. The normalized spacial score (nSPS) is 5.00. The van der Waals surface area contributed by atoms with Crippen LogP contribution in [0.5, 0.6) is 0 Å². The molecule has 0 spiro atoms. The highest BCUT2D eigenvalue weighted by Crippen LogP contribution is 1.44. The molecule has 0 aliphatic rings. The third kappa shape index (κ3) is 1.76. The lowest BCUT2D eigenvalue weighted by Crippen LogP contribution is -1.31. The van der Waals surface area contributed by atoms with Crippen molar-refractivity contribution in [3.63, 3.8) is 0 Å². The van der Waals surface area contributed by atoms with E-state index >= 15 is 0 Å². The Bertz CT molecular complexity index is 27.0. The fourth-order valence-electron chi connectivity index (χ4n) is 0. The fourth-order valence-corrected chi connectivity index (χ4v) is 0. The largest absolute Gasteiger partial charge is 0.496 e. The molecule has 0 heterocycles. The maximum atomic E-state index is 9.10. The molecule has 0 N–H and O–H groups in total. The Labute approximate surface area is 28.8 Å². The van der Waals surface area contributed by atoms with E-state index in [1.54, 1.807) is 0 Å². The van der Waals surface area contributed by atoms with E-state index in [9.17, 15) is 0 Å². The highest BCUT2D eigenvalue weighted by molar-refractivity contribution is 7.68. The topological polar surface area (TPSA) is 17.1 Å². The van der Waals surface area contributed by atoms with Gasteiger partial charge < -0.3 is 0 Å². The van der Waals surface area contributed by atoms with Crippen molar-refractivity contribution in [2.75, 3.05) is 0 Å². The van der Waals surface area contributed by atoms with Gasteiger partial charge in [0.05, 0.1) is 0 Å². The molecule has 0 saturated carbocycles. The molecular weight excluding hydrogens is 72.1 g/mol. The first-order chi connectivity index (χ1) is 1.91. The summed E-state index contributed by atoms with van der Waals surface area (Å²) in [5.41, 5.74) is 0. The Morgan fingerprint density at radius 2 is 2.25 bits per heavy atom. The Morgan fingerprint density at radius 1 is 2.00 bits per heavy atom. The Kier molecular flexibility index (Phi) is 2.59. The van der Waals surface area contributed by atoms with E-state index in [-0.39, 0.29) is 0 Å². The first-order valence-corrected chi connectivity index (χ1v) is 1.62. The number of rotatable bonds is 1. The van der Waals surface area contributed by atoms with E-state index in [1.165, 1.54) is 5.41 Å². The molecule has 0 amide bonds. The third-order valence-corrected chi connectivity index (χ3v) is 0.204. The van der Waals surface area contributed by atoms with E-state index in [0.717, 1.165) is 0 Å². The molecule has 0 unspecified atom stereocenters. The standard InChI is InChI=1S/C2H3OS/c1-2-4-3/h2H,1H2/q+1. The zero-order valence-electron chi connectivity index (χ0n) is 2.10. The summed E-state index contributed by atoms with van der Waals surface area (Å²) >= 11 is 0.370. The molecule has 0 aromatic rings. The molecule has 1 nitrogen and oxygen atoms in total. The van der Waals surface area contributed by atoms with Gasteiger partial charge in [-0.25, -0.2) is 0 Å². The van der Waals surface area contributed by atoms with Crippen LogP contribution in [0.1, 0.15) is 0 Å². The maximum absolute atomic E-state index is 9.10. The molecule has 0 aromatic carbocycles. The second-order valence-corrected chi connectivity index (χ2v) is 0.789. The van der Waals surface area contributed by atoms with Gasteiger partial charge in [-0.3, -0.25) is 0 Å². The SMILES string of the molecule is C=C[S+]=O. The van der Waals surface area contributed by atoms with Crippen molar-refractivity contribution >= 4 is 11.7 Å². The van der Waals surface area contributed by atoms with Crippen LogP contribution in [0.4, 0.5) is 0 Å². The van der Waals surface area contributed by atoms with Gasteiger partial charge in [0.2, 0.25) is 5.41 Å². The van der Waals surface area contributed by atoms with Crippen molar-refractivity contribution in [1.82, 2.24) is 0 Å². The predicted octanol–water partition coefficient (Wildman–Crippen LogP) is 0.558. The summed E-state index contributed by atoms with van der Waals surface area (Å²) in [7, 11) is 0. The van der Waals surface area contributed by atoms with Crippen LogP contribution in [-0.2, 0) is 15.9 Å². The first-order valence-electron chi connectivity index (χ1n) is 0.811. The van der Waals surface area contributed by atoms with Crippen LogP contribution >= 0.6 is 0 Å². The van der Waals surface area contributed by atoms with E-state index < -0.39 is 0 Å².